The van der Waals surface area contributed by atoms with E-state index in [4.69, 9.17) is 0 Å². The standard InChI is InChI=1S/C21H28N2O3S2/c1-5-23(6-2)28(25,26)20-13-9-18(10-14-20)15-22-21(24)17(4)27-19-11-7-16(3)8-12-19/h7-14,17H,5-6,15H2,1-4H3,(H,22,24)/t17-/m1/s1. The van der Waals surface area contributed by atoms with Crippen molar-refractivity contribution in [1.29, 1.82) is 0 Å². The van der Waals surface area contributed by atoms with Gasteiger partial charge >= 0.3 is 0 Å². The van der Waals surface area contributed by atoms with Crippen molar-refractivity contribution in [2.75, 3.05) is 13.1 Å². The summed E-state index contributed by atoms with van der Waals surface area (Å²) in [6.45, 7) is 8.79. The number of sulfonamides is 1. The van der Waals surface area contributed by atoms with Crippen molar-refractivity contribution in [2.24, 2.45) is 0 Å². The van der Waals surface area contributed by atoms with Crippen molar-refractivity contribution < 1.29 is 13.2 Å². The summed E-state index contributed by atoms with van der Waals surface area (Å²) < 4.78 is 26.4. The van der Waals surface area contributed by atoms with Crippen LogP contribution in [0.3, 0.4) is 0 Å². The van der Waals surface area contributed by atoms with Crippen molar-refractivity contribution >= 4 is 27.7 Å². The van der Waals surface area contributed by atoms with Crippen molar-refractivity contribution in [1.82, 2.24) is 9.62 Å². The van der Waals surface area contributed by atoms with Gasteiger partial charge in [-0.25, -0.2) is 8.42 Å². The molecule has 0 heterocycles. The molecule has 0 aliphatic rings. The predicted octanol–water partition coefficient (Wildman–Crippen LogP) is 3.82. The Kier molecular flexibility index (Phi) is 8.10. The number of amides is 1. The van der Waals surface area contributed by atoms with Crippen LogP contribution in [0.15, 0.2) is 58.3 Å². The number of benzene rings is 2. The lowest BCUT2D eigenvalue weighted by atomic mass is 10.2. The van der Waals surface area contributed by atoms with Gasteiger partial charge in [-0.1, -0.05) is 43.7 Å². The molecule has 2 rings (SSSR count). The Bertz CT molecular complexity index is 875. The van der Waals surface area contributed by atoms with Crippen LogP contribution in [-0.4, -0.2) is 37.0 Å². The quantitative estimate of drug-likeness (QED) is 0.626. The molecule has 1 amide bonds. The summed E-state index contributed by atoms with van der Waals surface area (Å²) in [6.07, 6.45) is 0. The van der Waals surface area contributed by atoms with Crippen molar-refractivity contribution in [3.05, 3.63) is 59.7 Å². The van der Waals surface area contributed by atoms with Crippen LogP contribution in [0, 0.1) is 6.92 Å². The van der Waals surface area contributed by atoms with E-state index < -0.39 is 10.0 Å². The van der Waals surface area contributed by atoms with Crippen LogP contribution >= 0.6 is 11.8 Å². The van der Waals surface area contributed by atoms with Gasteiger partial charge in [0.1, 0.15) is 0 Å². The third kappa shape index (κ3) is 5.83. The summed E-state index contributed by atoms with van der Waals surface area (Å²) in [5.74, 6) is -0.0505. The van der Waals surface area contributed by atoms with Crippen LogP contribution in [0.1, 0.15) is 31.9 Å². The zero-order valence-corrected chi connectivity index (χ0v) is 18.4. The highest BCUT2D eigenvalue weighted by Gasteiger charge is 2.21. The van der Waals surface area contributed by atoms with Crippen LogP contribution < -0.4 is 5.32 Å². The molecule has 0 bridgehead atoms. The van der Waals surface area contributed by atoms with E-state index in [2.05, 4.69) is 5.32 Å². The average Bonchev–Trinajstić information content (AvgIpc) is 2.69. The summed E-state index contributed by atoms with van der Waals surface area (Å²) in [7, 11) is -3.46. The number of carbonyl (C=O) groups excluding carboxylic acids is 1. The van der Waals surface area contributed by atoms with Crippen molar-refractivity contribution in [3.63, 3.8) is 0 Å². The maximum Gasteiger partial charge on any atom is 0.243 e. The van der Waals surface area contributed by atoms with Crippen LogP contribution in [0.25, 0.3) is 0 Å². The fourth-order valence-electron chi connectivity index (χ4n) is 2.70. The smallest absolute Gasteiger partial charge is 0.243 e. The van der Waals surface area contributed by atoms with E-state index in [1.54, 1.807) is 24.3 Å². The molecule has 0 aliphatic heterocycles. The molecule has 0 saturated carbocycles. The number of hydrogen-bond donors (Lipinski definition) is 1. The number of nitrogens with zero attached hydrogens (tertiary/aromatic N) is 1. The van der Waals surface area contributed by atoms with E-state index in [0.717, 1.165) is 10.5 Å². The van der Waals surface area contributed by atoms with E-state index in [1.165, 1.54) is 21.6 Å². The van der Waals surface area contributed by atoms with Gasteiger partial charge in [0.2, 0.25) is 15.9 Å². The van der Waals surface area contributed by atoms with E-state index >= 15 is 0 Å². The molecule has 0 unspecified atom stereocenters. The van der Waals surface area contributed by atoms with Gasteiger partial charge in [-0.15, -0.1) is 11.8 Å². The first kappa shape index (κ1) is 22.5. The third-order valence-electron chi connectivity index (χ3n) is 4.44. The molecule has 1 N–H and O–H groups in total. The minimum Gasteiger partial charge on any atom is -0.351 e. The van der Waals surface area contributed by atoms with Crippen LogP contribution in [0.2, 0.25) is 0 Å². The maximum atomic E-state index is 12.5. The van der Waals surface area contributed by atoms with Crippen molar-refractivity contribution in [3.8, 4) is 0 Å². The second-order valence-electron chi connectivity index (χ2n) is 6.52. The molecule has 5 nitrogen and oxygen atoms in total. The molecule has 2 aromatic rings. The van der Waals surface area contributed by atoms with Gasteiger partial charge < -0.3 is 5.32 Å². The zero-order valence-electron chi connectivity index (χ0n) is 16.8. The molecule has 0 saturated heterocycles. The molecule has 2 aromatic carbocycles. The zero-order chi connectivity index (χ0) is 20.7. The second kappa shape index (κ2) is 10.1. The molecule has 152 valence electrons. The molecule has 0 fully saturated rings. The van der Waals surface area contributed by atoms with Gasteiger partial charge in [-0.05, 0) is 43.7 Å². The van der Waals surface area contributed by atoms with Gasteiger partial charge in [-0.2, -0.15) is 4.31 Å². The SMILES string of the molecule is CCN(CC)S(=O)(=O)c1ccc(CNC(=O)[C@@H](C)Sc2ccc(C)cc2)cc1. The third-order valence-corrected chi connectivity index (χ3v) is 7.61. The van der Waals surface area contributed by atoms with Crippen LogP contribution in [0.4, 0.5) is 0 Å². The molecule has 0 aliphatic carbocycles. The highest BCUT2D eigenvalue weighted by atomic mass is 32.2. The topological polar surface area (TPSA) is 66.5 Å². The van der Waals surface area contributed by atoms with Crippen molar-refractivity contribution in [2.45, 2.75) is 49.3 Å². The highest BCUT2D eigenvalue weighted by molar-refractivity contribution is 8.00. The highest BCUT2D eigenvalue weighted by Crippen LogP contribution is 2.23. The number of aryl methyl sites for hydroxylation is 1. The van der Waals surface area contributed by atoms with Crippen LogP contribution in [0.5, 0.6) is 0 Å². The van der Waals surface area contributed by atoms with E-state index in [-0.39, 0.29) is 16.1 Å². The first-order valence-electron chi connectivity index (χ1n) is 9.38. The number of nitrogens with one attached hydrogen (secondary N) is 1. The molecular weight excluding hydrogens is 392 g/mol. The Morgan fingerprint density at radius 1 is 1.04 bits per heavy atom. The summed E-state index contributed by atoms with van der Waals surface area (Å²) >= 11 is 1.51. The summed E-state index contributed by atoms with van der Waals surface area (Å²) in [4.78, 5) is 13.7. The lowest BCUT2D eigenvalue weighted by molar-refractivity contribution is -0.120. The Morgan fingerprint density at radius 3 is 2.14 bits per heavy atom. The Balaban J connectivity index is 1.93. The molecule has 0 radical (unpaired) electrons. The minimum absolute atomic E-state index is 0.0505. The summed E-state index contributed by atoms with van der Waals surface area (Å²) in [5.41, 5.74) is 2.05. The predicted molar refractivity (Wildman–Crippen MR) is 115 cm³/mol. The van der Waals surface area contributed by atoms with Gasteiger partial charge in [0, 0.05) is 24.5 Å². The second-order valence-corrected chi connectivity index (χ2v) is 9.88. The maximum absolute atomic E-state index is 12.5. The van der Waals surface area contributed by atoms with Crippen LogP contribution in [-0.2, 0) is 21.4 Å². The average molecular weight is 421 g/mol. The van der Waals surface area contributed by atoms with Gasteiger partial charge in [0.25, 0.3) is 0 Å². The molecule has 7 heteroatoms. The Hall–Kier alpha value is -1.83. The van der Waals surface area contributed by atoms with E-state index in [1.807, 2.05) is 52.0 Å². The fourth-order valence-corrected chi connectivity index (χ4v) is 5.05. The molecular formula is C21H28N2O3S2. The number of rotatable bonds is 9. The normalized spacial score (nSPS) is 12.8. The Labute approximate surface area is 172 Å². The lowest BCUT2D eigenvalue weighted by Crippen LogP contribution is -2.31. The largest absolute Gasteiger partial charge is 0.351 e. The van der Waals surface area contributed by atoms with Gasteiger partial charge in [0.15, 0.2) is 0 Å². The first-order valence-corrected chi connectivity index (χ1v) is 11.7. The van der Waals surface area contributed by atoms with E-state index in [0.29, 0.717) is 19.6 Å². The fraction of sp³-hybridized carbons (Fsp3) is 0.381. The number of thioether (sulfide) groups is 1. The molecule has 0 spiro atoms. The summed E-state index contributed by atoms with van der Waals surface area (Å²) in [6, 6.07) is 14.8. The number of hydrogen-bond acceptors (Lipinski definition) is 4. The van der Waals surface area contributed by atoms with Gasteiger partial charge in [-0.3, -0.25) is 4.79 Å². The molecule has 28 heavy (non-hydrogen) atoms. The monoisotopic (exact) mass is 420 g/mol. The van der Waals surface area contributed by atoms with Gasteiger partial charge in [0.05, 0.1) is 10.1 Å². The number of carbonyl (C=O) groups is 1. The summed E-state index contributed by atoms with van der Waals surface area (Å²) in [5, 5.41) is 2.70. The first-order chi connectivity index (χ1) is 13.3. The van der Waals surface area contributed by atoms with E-state index in [9.17, 15) is 13.2 Å². The Morgan fingerprint density at radius 2 is 1.61 bits per heavy atom. The minimum atomic E-state index is -3.46. The lowest BCUT2D eigenvalue weighted by Gasteiger charge is -2.18. The molecule has 0 aromatic heterocycles. The molecule has 1 atom stereocenters.